The number of anilines is 2. The maximum absolute atomic E-state index is 11.6. The Balaban J connectivity index is 2.03. The molecule has 0 bridgehead atoms. The molecule has 0 aliphatic rings. The number of para-hydroxylation sites is 2. The van der Waals surface area contributed by atoms with Crippen LogP contribution in [0, 0.1) is 0 Å². The predicted molar refractivity (Wildman–Crippen MR) is 84.3 cm³/mol. The highest BCUT2D eigenvalue weighted by Crippen LogP contribution is 2.22. The van der Waals surface area contributed by atoms with Crippen LogP contribution in [0.5, 0.6) is 5.75 Å². The van der Waals surface area contributed by atoms with Gasteiger partial charge in [-0.25, -0.2) is 9.97 Å². The fourth-order valence-corrected chi connectivity index (χ4v) is 2.07. The number of aromatic nitrogens is 2. The van der Waals surface area contributed by atoms with Crippen molar-refractivity contribution in [1.29, 1.82) is 0 Å². The van der Waals surface area contributed by atoms with Gasteiger partial charge in [0.1, 0.15) is 5.75 Å². The molecule has 1 heterocycles. The largest absolute Gasteiger partial charge is 0.497 e. The average Bonchev–Trinajstić information content (AvgIpc) is 2.54. The highest BCUT2D eigenvalue weighted by molar-refractivity contribution is 5.98. The molecule has 0 unspecified atom stereocenters. The summed E-state index contributed by atoms with van der Waals surface area (Å²) in [7, 11) is 1.60. The molecule has 2 aromatic carbocycles. The summed E-state index contributed by atoms with van der Waals surface area (Å²) < 4.78 is 5.11. The molecule has 110 valence electrons. The Labute approximate surface area is 127 Å². The van der Waals surface area contributed by atoms with Crippen molar-refractivity contribution >= 4 is 28.4 Å². The van der Waals surface area contributed by atoms with Gasteiger partial charge in [0.2, 0.25) is 0 Å². The van der Waals surface area contributed by atoms with E-state index >= 15 is 0 Å². The molecule has 0 saturated carbocycles. The first kappa shape index (κ1) is 13.8. The number of carbonyl (C=O) groups excluding carboxylic acids is 1. The molecule has 6 heteroatoms. The van der Waals surface area contributed by atoms with Crippen LogP contribution in [-0.4, -0.2) is 23.0 Å². The number of nitrogens with two attached hydrogens (primary N) is 1. The van der Waals surface area contributed by atoms with Gasteiger partial charge in [-0.3, -0.25) is 4.79 Å². The van der Waals surface area contributed by atoms with Crippen molar-refractivity contribution in [2.45, 2.75) is 0 Å². The van der Waals surface area contributed by atoms with Crippen LogP contribution < -0.4 is 15.8 Å². The second-order valence-corrected chi connectivity index (χ2v) is 4.63. The molecular weight excluding hydrogens is 280 g/mol. The van der Waals surface area contributed by atoms with Crippen LogP contribution in [0.15, 0.2) is 48.5 Å². The molecular formula is C16H14N4O2. The summed E-state index contributed by atoms with van der Waals surface area (Å²) in [6.45, 7) is 0. The number of rotatable bonds is 4. The topological polar surface area (TPSA) is 90.1 Å². The van der Waals surface area contributed by atoms with Gasteiger partial charge in [-0.05, 0) is 36.4 Å². The van der Waals surface area contributed by atoms with Gasteiger partial charge in [0.05, 0.1) is 18.1 Å². The number of primary amides is 1. The van der Waals surface area contributed by atoms with Gasteiger partial charge in [-0.15, -0.1) is 0 Å². The molecule has 3 rings (SSSR count). The summed E-state index contributed by atoms with van der Waals surface area (Å²) >= 11 is 0. The van der Waals surface area contributed by atoms with E-state index in [0.717, 1.165) is 11.4 Å². The first-order valence-corrected chi connectivity index (χ1v) is 6.65. The summed E-state index contributed by atoms with van der Waals surface area (Å²) in [6, 6.07) is 14.6. The lowest BCUT2D eigenvalue weighted by Crippen LogP contribution is -2.16. The molecule has 0 atom stereocenters. The average molecular weight is 294 g/mol. The highest BCUT2D eigenvalue weighted by atomic mass is 16.5. The van der Waals surface area contributed by atoms with Crippen LogP contribution in [0.1, 0.15) is 10.5 Å². The number of carbonyl (C=O) groups is 1. The zero-order chi connectivity index (χ0) is 15.5. The van der Waals surface area contributed by atoms with Gasteiger partial charge in [-0.2, -0.15) is 0 Å². The predicted octanol–water partition coefficient (Wildman–Crippen LogP) is 2.48. The minimum Gasteiger partial charge on any atom is -0.497 e. The van der Waals surface area contributed by atoms with E-state index in [-0.39, 0.29) is 5.69 Å². The van der Waals surface area contributed by atoms with E-state index in [9.17, 15) is 4.79 Å². The lowest BCUT2D eigenvalue weighted by molar-refractivity contribution is 0.0996. The van der Waals surface area contributed by atoms with Crippen molar-refractivity contribution in [2.75, 3.05) is 12.4 Å². The zero-order valence-corrected chi connectivity index (χ0v) is 11.9. The molecule has 0 fully saturated rings. The molecule has 1 amide bonds. The quantitative estimate of drug-likeness (QED) is 0.771. The number of fused-ring (bicyclic) bond motifs is 1. The van der Waals surface area contributed by atoms with Crippen LogP contribution in [0.2, 0.25) is 0 Å². The van der Waals surface area contributed by atoms with Crippen molar-refractivity contribution < 1.29 is 9.53 Å². The van der Waals surface area contributed by atoms with Crippen LogP contribution in [-0.2, 0) is 0 Å². The number of benzene rings is 2. The normalized spacial score (nSPS) is 10.4. The van der Waals surface area contributed by atoms with Crippen molar-refractivity contribution in [3.8, 4) is 5.75 Å². The Morgan fingerprint density at radius 3 is 2.27 bits per heavy atom. The standard InChI is InChI=1S/C16H14N4O2/c1-22-11-8-6-10(7-9-11)18-16-14(15(17)21)19-12-4-2-3-5-13(12)20-16/h2-9H,1H3,(H2,17,21)(H,18,20). The fourth-order valence-electron chi connectivity index (χ4n) is 2.07. The monoisotopic (exact) mass is 294 g/mol. The third kappa shape index (κ3) is 2.67. The molecule has 3 N–H and O–H groups in total. The van der Waals surface area contributed by atoms with Crippen molar-refractivity contribution in [1.82, 2.24) is 9.97 Å². The molecule has 0 aliphatic heterocycles. The van der Waals surface area contributed by atoms with E-state index < -0.39 is 5.91 Å². The SMILES string of the molecule is COc1ccc(Nc2nc3ccccc3nc2C(N)=O)cc1. The lowest BCUT2D eigenvalue weighted by Gasteiger charge is -2.10. The third-order valence-electron chi connectivity index (χ3n) is 3.16. The third-order valence-corrected chi connectivity index (χ3v) is 3.16. The molecule has 22 heavy (non-hydrogen) atoms. The molecule has 3 aromatic rings. The minimum absolute atomic E-state index is 0.106. The first-order chi connectivity index (χ1) is 10.7. The maximum atomic E-state index is 11.6. The molecule has 0 radical (unpaired) electrons. The number of methoxy groups -OCH3 is 1. The van der Waals surface area contributed by atoms with Gasteiger partial charge in [0.25, 0.3) is 5.91 Å². The molecule has 0 aliphatic carbocycles. The van der Waals surface area contributed by atoms with Crippen LogP contribution in [0.3, 0.4) is 0 Å². The van der Waals surface area contributed by atoms with Crippen molar-refractivity contribution in [3.05, 3.63) is 54.2 Å². The minimum atomic E-state index is -0.630. The van der Waals surface area contributed by atoms with Crippen LogP contribution in [0.25, 0.3) is 11.0 Å². The van der Waals surface area contributed by atoms with E-state index in [0.29, 0.717) is 16.9 Å². The molecule has 6 nitrogen and oxygen atoms in total. The number of hydrogen-bond donors (Lipinski definition) is 2. The van der Waals surface area contributed by atoms with Gasteiger partial charge in [-0.1, -0.05) is 12.1 Å². The van der Waals surface area contributed by atoms with E-state index in [1.54, 1.807) is 25.3 Å². The fraction of sp³-hybridized carbons (Fsp3) is 0.0625. The van der Waals surface area contributed by atoms with E-state index in [1.807, 2.05) is 30.3 Å². The highest BCUT2D eigenvalue weighted by Gasteiger charge is 2.13. The maximum Gasteiger partial charge on any atom is 0.271 e. The molecule has 0 saturated heterocycles. The second-order valence-electron chi connectivity index (χ2n) is 4.63. The number of amides is 1. The Bertz CT molecular complexity index is 831. The number of nitrogens with zero attached hydrogens (tertiary/aromatic N) is 2. The summed E-state index contributed by atoms with van der Waals surface area (Å²) in [5, 5.41) is 3.07. The van der Waals surface area contributed by atoms with Gasteiger partial charge >= 0.3 is 0 Å². The summed E-state index contributed by atoms with van der Waals surface area (Å²) in [6.07, 6.45) is 0. The van der Waals surface area contributed by atoms with E-state index in [4.69, 9.17) is 10.5 Å². The van der Waals surface area contributed by atoms with Crippen LogP contribution >= 0.6 is 0 Å². The lowest BCUT2D eigenvalue weighted by atomic mass is 10.2. The van der Waals surface area contributed by atoms with Gasteiger partial charge in [0, 0.05) is 5.69 Å². The van der Waals surface area contributed by atoms with E-state index in [1.165, 1.54) is 0 Å². The molecule has 0 spiro atoms. The Morgan fingerprint density at radius 1 is 1.05 bits per heavy atom. The van der Waals surface area contributed by atoms with Gasteiger partial charge < -0.3 is 15.8 Å². The number of nitrogens with one attached hydrogen (secondary N) is 1. The number of ether oxygens (including phenoxy) is 1. The van der Waals surface area contributed by atoms with Gasteiger partial charge in [0.15, 0.2) is 11.5 Å². The Kier molecular flexibility index (Phi) is 3.57. The smallest absolute Gasteiger partial charge is 0.271 e. The summed E-state index contributed by atoms with van der Waals surface area (Å²) in [5.41, 5.74) is 7.57. The second kappa shape index (κ2) is 5.69. The van der Waals surface area contributed by atoms with Crippen LogP contribution in [0.4, 0.5) is 11.5 Å². The zero-order valence-electron chi connectivity index (χ0n) is 11.9. The summed E-state index contributed by atoms with van der Waals surface area (Å²) in [4.78, 5) is 20.3. The first-order valence-electron chi connectivity index (χ1n) is 6.65. The van der Waals surface area contributed by atoms with Crippen molar-refractivity contribution in [3.63, 3.8) is 0 Å². The number of hydrogen-bond acceptors (Lipinski definition) is 5. The Morgan fingerprint density at radius 2 is 1.68 bits per heavy atom. The summed E-state index contributed by atoms with van der Waals surface area (Å²) in [5.74, 6) is 0.441. The van der Waals surface area contributed by atoms with E-state index in [2.05, 4.69) is 15.3 Å². The molecule has 1 aromatic heterocycles. The Hall–Kier alpha value is -3.15. The van der Waals surface area contributed by atoms with Crippen molar-refractivity contribution in [2.24, 2.45) is 5.73 Å².